The third-order valence-electron chi connectivity index (χ3n) is 3.74. The molecule has 1 unspecified atom stereocenters. The van der Waals surface area contributed by atoms with Gasteiger partial charge >= 0.3 is 0 Å². The van der Waals surface area contributed by atoms with E-state index < -0.39 is 0 Å². The molecule has 96 valence electrons. The minimum absolute atomic E-state index is 0.547. The van der Waals surface area contributed by atoms with Gasteiger partial charge in [0.1, 0.15) is 0 Å². The lowest BCUT2D eigenvalue weighted by Gasteiger charge is -2.25. The molecule has 2 aromatic rings. The molecule has 3 heteroatoms. The maximum absolute atomic E-state index is 6.25. The second-order valence-electron chi connectivity index (χ2n) is 5.51. The highest BCUT2D eigenvalue weighted by Crippen LogP contribution is 2.32. The molecule has 2 N–H and O–H groups in total. The van der Waals surface area contributed by atoms with Crippen LogP contribution in [0.25, 0.3) is 10.9 Å². The van der Waals surface area contributed by atoms with Crippen molar-refractivity contribution >= 4 is 22.5 Å². The van der Waals surface area contributed by atoms with Crippen molar-refractivity contribution in [1.82, 2.24) is 10.3 Å². The first-order chi connectivity index (χ1) is 8.65. The Hall–Kier alpha value is -0.990. The molecular formula is C15H19ClN2. The third-order valence-corrected chi connectivity index (χ3v) is 4.06. The number of fused-ring (bicyclic) bond motifs is 3. The van der Waals surface area contributed by atoms with Gasteiger partial charge in [-0.25, -0.2) is 0 Å². The summed E-state index contributed by atoms with van der Waals surface area (Å²) in [5.41, 5.74) is 3.94. The van der Waals surface area contributed by atoms with Gasteiger partial charge < -0.3 is 10.3 Å². The van der Waals surface area contributed by atoms with E-state index in [-0.39, 0.29) is 0 Å². The van der Waals surface area contributed by atoms with E-state index in [9.17, 15) is 0 Å². The number of para-hydroxylation sites is 1. The fraction of sp³-hybridized carbons (Fsp3) is 0.467. The number of hydrogen-bond donors (Lipinski definition) is 2. The number of aromatic amines is 1. The molecule has 1 aromatic heterocycles. The molecule has 0 amide bonds. The number of nitrogens with one attached hydrogen (secondary N) is 2. The van der Waals surface area contributed by atoms with E-state index >= 15 is 0 Å². The summed E-state index contributed by atoms with van der Waals surface area (Å²) in [4.78, 5) is 3.50. The van der Waals surface area contributed by atoms with E-state index in [0.29, 0.717) is 12.1 Å². The quantitative estimate of drug-likeness (QED) is 0.849. The van der Waals surface area contributed by atoms with Gasteiger partial charge in [-0.2, -0.15) is 0 Å². The maximum atomic E-state index is 6.25. The highest BCUT2D eigenvalue weighted by molar-refractivity contribution is 6.35. The summed E-state index contributed by atoms with van der Waals surface area (Å²) in [6.07, 6.45) is 3.42. The minimum atomic E-state index is 0.547. The fourth-order valence-electron chi connectivity index (χ4n) is 3.02. The van der Waals surface area contributed by atoms with Crippen LogP contribution in [0.15, 0.2) is 18.2 Å². The fourth-order valence-corrected chi connectivity index (χ4v) is 3.24. The SMILES string of the molecule is CC(C)NC1CCc2[nH]c3c(Cl)cccc3c2C1. The summed E-state index contributed by atoms with van der Waals surface area (Å²) >= 11 is 6.25. The summed E-state index contributed by atoms with van der Waals surface area (Å²) in [7, 11) is 0. The highest BCUT2D eigenvalue weighted by atomic mass is 35.5. The van der Waals surface area contributed by atoms with E-state index in [1.807, 2.05) is 12.1 Å². The first-order valence-corrected chi connectivity index (χ1v) is 7.07. The van der Waals surface area contributed by atoms with E-state index in [1.54, 1.807) is 0 Å². The number of aryl methyl sites for hydroxylation is 1. The molecule has 1 aromatic carbocycles. The van der Waals surface area contributed by atoms with Gasteiger partial charge in [-0.1, -0.05) is 37.6 Å². The molecule has 0 radical (unpaired) electrons. The Kier molecular flexibility index (Phi) is 3.08. The van der Waals surface area contributed by atoms with Crippen LogP contribution < -0.4 is 5.32 Å². The van der Waals surface area contributed by atoms with Gasteiger partial charge in [0.15, 0.2) is 0 Å². The topological polar surface area (TPSA) is 27.8 Å². The Morgan fingerprint density at radius 3 is 3.00 bits per heavy atom. The Morgan fingerprint density at radius 2 is 2.22 bits per heavy atom. The number of benzene rings is 1. The van der Waals surface area contributed by atoms with Crippen LogP contribution in [0.2, 0.25) is 5.02 Å². The molecule has 1 aliphatic rings. The molecule has 0 bridgehead atoms. The molecule has 2 nitrogen and oxygen atoms in total. The number of halogens is 1. The molecule has 1 heterocycles. The van der Waals surface area contributed by atoms with Crippen molar-refractivity contribution in [3.05, 3.63) is 34.5 Å². The monoisotopic (exact) mass is 262 g/mol. The zero-order valence-electron chi connectivity index (χ0n) is 10.9. The molecule has 0 fully saturated rings. The van der Waals surface area contributed by atoms with Gasteiger partial charge in [0, 0.05) is 23.2 Å². The number of H-pyrrole nitrogens is 1. The molecule has 0 saturated heterocycles. The second-order valence-corrected chi connectivity index (χ2v) is 5.91. The summed E-state index contributed by atoms with van der Waals surface area (Å²) in [6, 6.07) is 7.31. The van der Waals surface area contributed by atoms with Crippen molar-refractivity contribution < 1.29 is 0 Å². The van der Waals surface area contributed by atoms with E-state index in [4.69, 9.17) is 11.6 Å². The van der Waals surface area contributed by atoms with Crippen molar-refractivity contribution in [2.45, 2.75) is 45.2 Å². The Morgan fingerprint density at radius 1 is 1.39 bits per heavy atom. The summed E-state index contributed by atoms with van der Waals surface area (Å²) in [5.74, 6) is 0. The Labute approximate surface area is 113 Å². The van der Waals surface area contributed by atoms with Gasteiger partial charge in [-0.15, -0.1) is 0 Å². The average Bonchev–Trinajstić information content (AvgIpc) is 2.68. The van der Waals surface area contributed by atoms with Crippen molar-refractivity contribution in [3.8, 4) is 0 Å². The number of rotatable bonds is 2. The van der Waals surface area contributed by atoms with E-state index in [2.05, 4.69) is 30.2 Å². The van der Waals surface area contributed by atoms with E-state index in [0.717, 1.165) is 23.4 Å². The summed E-state index contributed by atoms with van der Waals surface area (Å²) < 4.78 is 0. The maximum Gasteiger partial charge on any atom is 0.0648 e. The predicted molar refractivity (Wildman–Crippen MR) is 77.4 cm³/mol. The lowest BCUT2D eigenvalue weighted by molar-refractivity contribution is 0.421. The van der Waals surface area contributed by atoms with Crippen LogP contribution in [0.4, 0.5) is 0 Å². The molecule has 1 aliphatic carbocycles. The normalized spacial score (nSPS) is 19.4. The number of aromatic nitrogens is 1. The zero-order chi connectivity index (χ0) is 12.7. The average molecular weight is 263 g/mol. The number of hydrogen-bond acceptors (Lipinski definition) is 1. The lowest BCUT2D eigenvalue weighted by atomic mass is 9.91. The van der Waals surface area contributed by atoms with Crippen LogP contribution >= 0.6 is 11.6 Å². The first-order valence-electron chi connectivity index (χ1n) is 6.69. The van der Waals surface area contributed by atoms with Crippen LogP contribution in [0.3, 0.4) is 0 Å². The van der Waals surface area contributed by atoms with Gasteiger partial charge in [-0.3, -0.25) is 0 Å². The van der Waals surface area contributed by atoms with Crippen molar-refractivity contribution in [2.24, 2.45) is 0 Å². The summed E-state index contributed by atoms with van der Waals surface area (Å²) in [5, 5.41) is 5.77. The van der Waals surface area contributed by atoms with Crippen LogP contribution in [0, 0.1) is 0 Å². The third kappa shape index (κ3) is 2.04. The van der Waals surface area contributed by atoms with Crippen LogP contribution in [-0.4, -0.2) is 17.1 Å². The van der Waals surface area contributed by atoms with Gasteiger partial charge in [-0.05, 0) is 30.9 Å². The predicted octanol–water partition coefficient (Wildman–Crippen LogP) is 3.68. The molecule has 3 rings (SSSR count). The Bertz CT molecular complexity index is 571. The van der Waals surface area contributed by atoms with Crippen LogP contribution in [0.1, 0.15) is 31.5 Å². The standard InChI is InChI=1S/C15H19ClN2/c1-9(2)17-10-6-7-14-12(8-10)11-4-3-5-13(16)15(11)18-14/h3-5,9-10,17-18H,6-8H2,1-2H3. The lowest BCUT2D eigenvalue weighted by Crippen LogP contribution is -2.38. The second kappa shape index (κ2) is 4.60. The van der Waals surface area contributed by atoms with Gasteiger partial charge in [0.2, 0.25) is 0 Å². The Balaban J connectivity index is 1.99. The van der Waals surface area contributed by atoms with Crippen molar-refractivity contribution in [1.29, 1.82) is 0 Å². The first kappa shape index (κ1) is 12.1. The molecule has 1 atom stereocenters. The van der Waals surface area contributed by atoms with Crippen LogP contribution in [0.5, 0.6) is 0 Å². The summed E-state index contributed by atoms with van der Waals surface area (Å²) in [6.45, 7) is 4.42. The smallest absolute Gasteiger partial charge is 0.0648 e. The molecule has 18 heavy (non-hydrogen) atoms. The zero-order valence-corrected chi connectivity index (χ0v) is 11.6. The van der Waals surface area contributed by atoms with Crippen LogP contribution in [-0.2, 0) is 12.8 Å². The minimum Gasteiger partial charge on any atom is -0.357 e. The molecular weight excluding hydrogens is 244 g/mol. The molecule has 0 saturated carbocycles. The van der Waals surface area contributed by atoms with E-state index in [1.165, 1.54) is 23.1 Å². The van der Waals surface area contributed by atoms with Gasteiger partial charge in [0.05, 0.1) is 10.5 Å². The highest BCUT2D eigenvalue weighted by Gasteiger charge is 2.23. The van der Waals surface area contributed by atoms with Crippen molar-refractivity contribution in [2.75, 3.05) is 0 Å². The molecule has 0 aliphatic heterocycles. The van der Waals surface area contributed by atoms with Gasteiger partial charge in [0.25, 0.3) is 0 Å². The van der Waals surface area contributed by atoms with Crippen molar-refractivity contribution in [3.63, 3.8) is 0 Å². The molecule has 0 spiro atoms. The largest absolute Gasteiger partial charge is 0.357 e.